The van der Waals surface area contributed by atoms with Crippen molar-refractivity contribution >= 4 is 17.7 Å². The summed E-state index contributed by atoms with van der Waals surface area (Å²) < 4.78 is 13.2. The Morgan fingerprint density at radius 1 is 1.13 bits per heavy atom. The van der Waals surface area contributed by atoms with Gasteiger partial charge in [0.2, 0.25) is 17.7 Å². The Hall–Kier alpha value is -2.96. The average Bonchev–Trinajstić information content (AvgIpc) is 3.08. The van der Waals surface area contributed by atoms with E-state index in [9.17, 15) is 18.8 Å². The van der Waals surface area contributed by atoms with E-state index in [1.165, 1.54) is 19.1 Å². The molecule has 1 aliphatic carbocycles. The van der Waals surface area contributed by atoms with E-state index in [2.05, 4.69) is 19.1 Å². The van der Waals surface area contributed by atoms with Crippen molar-refractivity contribution in [1.82, 2.24) is 14.7 Å². The molecule has 0 spiro atoms. The van der Waals surface area contributed by atoms with Crippen LogP contribution in [0.4, 0.5) is 4.39 Å². The van der Waals surface area contributed by atoms with Gasteiger partial charge in [-0.15, -0.1) is 0 Å². The summed E-state index contributed by atoms with van der Waals surface area (Å²) in [4.78, 5) is 43.4. The molecule has 4 atom stereocenters. The zero-order chi connectivity index (χ0) is 22.1. The number of fused-ring (bicyclic) bond motifs is 1. The van der Waals surface area contributed by atoms with Gasteiger partial charge in [0.1, 0.15) is 24.6 Å². The molecule has 7 heteroatoms. The highest BCUT2D eigenvalue weighted by Gasteiger charge is 2.51. The van der Waals surface area contributed by atoms with Gasteiger partial charge < -0.3 is 14.7 Å². The molecule has 164 valence electrons. The fraction of sp³-hybridized carbons (Fsp3) is 0.458. The summed E-state index contributed by atoms with van der Waals surface area (Å²) in [6.07, 6.45) is 8.86. The highest BCUT2D eigenvalue weighted by molar-refractivity contribution is 5.94. The van der Waals surface area contributed by atoms with Crippen LogP contribution >= 0.6 is 0 Å². The quantitative estimate of drug-likeness (QED) is 0.728. The maximum Gasteiger partial charge on any atom is 0.245 e. The lowest BCUT2D eigenvalue weighted by Crippen LogP contribution is -2.64. The van der Waals surface area contributed by atoms with Crippen LogP contribution in [0.1, 0.15) is 25.8 Å². The molecular weight excluding hydrogens is 397 g/mol. The van der Waals surface area contributed by atoms with Crippen LogP contribution in [-0.4, -0.2) is 64.3 Å². The second-order valence-corrected chi connectivity index (χ2v) is 8.63. The Labute approximate surface area is 182 Å². The molecule has 0 aromatic heterocycles. The van der Waals surface area contributed by atoms with Crippen molar-refractivity contribution in [3.05, 3.63) is 60.0 Å². The van der Waals surface area contributed by atoms with Gasteiger partial charge in [-0.1, -0.05) is 43.4 Å². The Kier molecular flexibility index (Phi) is 5.94. The third-order valence-electron chi connectivity index (χ3n) is 6.63. The molecule has 6 nitrogen and oxygen atoms in total. The number of amides is 3. The zero-order valence-corrected chi connectivity index (χ0v) is 17.9. The summed E-state index contributed by atoms with van der Waals surface area (Å²) >= 11 is 0. The van der Waals surface area contributed by atoms with Gasteiger partial charge in [-0.25, -0.2) is 4.39 Å². The first kappa shape index (κ1) is 21.3. The molecule has 3 amide bonds. The minimum atomic E-state index is -0.590. The van der Waals surface area contributed by atoms with Crippen LogP contribution in [0, 0.1) is 17.7 Å². The number of piperazine rings is 1. The summed E-state index contributed by atoms with van der Waals surface area (Å²) in [5, 5.41) is 0. The van der Waals surface area contributed by atoms with Crippen molar-refractivity contribution in [3.8, 4) is 0 Å². The summed E-state index contributed by atoms with van der Waals surface area (Å²) in [6.45, 7) is 4.35. The van der Waals surface area contributed by atoms with Crippen molar-refractivity contribution < 1.29 is 18.8 Å². The SMILES string of the molecule is CC(=O)N1CC(=O)N2C(CC3C=CC=CC3C)C(=O)N(CCc3ccc(F)cc3)CC12. The Bertz CT molecular complexity index is 927. The molecule has 2 heterocycles. The first-order valence-corrected chi connectivity index (χ1v) is 10.8. The van der Waals surface area contributed by atoms with Crippen LogP contribution in [0.15, 0.2) is 48.6 Å². The predicted octanol–water partition coefficient (Wildman–Crippen LogP) is 2.36. The molecule has 2 saturated heterocycles. The van der Waals surface area contributed by atoms with Crippen LogP contribution < -0.4 is 0 Å². The van der Waals surface area contributed by atoms with E-state index < -0.39 is 12.2 Å². The number of allylic oxidation sites excluding steroid dienone is 4. The fourth-order valence-corrected chi connectivity index (χ4v) is 4.80. The number of carbonyl (C=O) groups is 3. The van der Waals surface area contributed by atoms with Crippen molar-refractivity contribution in [3.63, 3.8) is 0 Å². The van der Waals surface area contributed by atoms with Crippen LogP contribution in [0.2, 0.25) is 0 Å². The minimum absolute atomic E-state index is 0.0194. The van der Waals surface area contributed by atoms with E-state index in [4.69, 9.17) is 0 Å². The van der Waals surface area contributed by atoms with Gasteiger partial charge in [-0.3, -0.25) is 14.4 Å². The van der Waals surface area contributed by atoms with Crippen molar-refractivity contribution in [2.75, 3.05) is 19.6 Å². The zero-order valence-electron chi connectivity index (χ0n) is 17.9. The van der Waals surface area contributed by atoms with Crippen LogP contribution in [0.5, 0.6) is 0 Å². The second-order valence-electron chi connectivity index (χ2n) is 8.63. The molecule has 2 fully saturated rings. The highest BCUT2D eigenvalue weighted by atomic mass is 19.1. The molecule has 0 saturated carbocycles. The minimum Gasteiger partial charge on any atom is -0.337 e. The van der Waals surface area contributed by atoms with Gasteiger partial charge in [-0.2, -0.15) is 0 Å². The second kappa shape index (κ2) is 8.65. The molecular formula is C24H28FN3O3. The van der Waals surface area contributed by atoms with Crippen molar-refractivity contribution in [2.24, 2.45) is 11.8 Å². The molecule has 0 N–H and O–H groups in total. The summed E-state index contributed by atoms with van der Waals surface area (Å²) in [6, 6.07) is 5.67. The number of hydrogen-bond donors (Lipinski definition) is 0. The maximum atomic E-state index is 13.5. The smallest absolute Gasteiger partial charge is 0.245 e. The number of hydrogen-bond acceptors (Lipinski definition) is 3. The number of halogens is 1. The summed E-state index contributed by atoms with van der Waals surface area (Å²) in [7, 11) is 0. The van der Waals surface area contributed by atoms with Crippen molar-refractivity contribution in [1.29, 1.82) is 0 Å². The van der Waals surface area contributed by atoms with E-state index in [0.29, 0.717) is 25.9 Å². The monoisotopic (exact) mass is 425 g/mol. The van der Waals surface area contributed by atoms with E-state index in [1.807, 2.05) is 12.2 Å². The van der Waals surface area contributed by atoms with Gasteiger partial charge in [0.25, 0.3) is 0 Å². The lowest BCUT2D eigenvalue weighted by atomic mass is 9.83. The van der Waals surface area contributed by atoms with Crippen LogP contribution in [-0.2, 0) is 20.8 Å². The average molecular weight is 426 g/mol. The largest absolute Gasteiger partial charge is 0.337 e. The predicted molar refractivity (Wildman–Crippen MR) is 114 cm³/mol. The summed E-state index contributed by atoms with van der Waals surface area (Å²) in [5.41, 5.74) is 0.938. The molecule has 3 aliphatic rings. The molecule has 4 unspecified atom stereocenters. The van der Waals surface area contributed by atoms with E-state index in [0.717, 1.165) is 5.56 Å². The third kappa shape index (κ3) is 4.27. The first-order chi connectivity index (χ1) is 14.8. The number of rotatable bonds is 5. The van der Waals surface area contributed by atoms with Gasteiger partial charge in [0, 0.05) is 13.5 Å². The molecule has 1 aromatic carbocycles. The molecule has 1 aromatic rings. The van der Waals surface area contributed by atoms with Crippen LogP contribution in [0.3, 0.4) is 0 Å². The number of benzene rings is 1. The number of carbonyl (C=O) groups excluding carboxylic acids is 3. The third-order valence-corrected chi connectivity index (χ3v) is 6.63. The van der Waals surface area contributed by atoms with E-state index >= 15 is 0 Å². The summed E-state index contributed by atoms with van der Waals surface area (Å²) in [5.74, 6) is -0.282. The lowest BCUT2D eigenvalue weighted by molar-refractivity contribution is -0.156. The topological polar surface area (TPSA) is 60.9 Å². The molecule has 0 bridgehead atoms. The van der Waals surface area contributed by atoms with E-state index in [-0.39, 0.29) is 41.9 Å². The van der Waals surface area contributed by atoms with Gasteiger partial charge >= 0.3 is 0 Å². The Morgan fingerprint density at radius 2 is 1.84 bits per heavy atom. The molecule has 2 aliphatic heterocycles. The van der Waals surface area contributed by atoms with Crippen LogP contribution in [0.25, 0.3) is 0 Å². The van der Waals surface area contributed by atoms with Crippen molar-refractivity contribution in [2.45, 2.75) is 38.9 Å². The molecule has 31 heavy (non-hydrogen) atoms. The highest BCUT2D eigenvalue weighted by Crippen LogP contribution is 2.33. The van der Waals surface area contributed by atoms with Gasteiger partial charge in [0.05, 0.1) is 6.54 Å². The first-order valence-electron chi connectivity index (χ1n) is 10.8. The van der Waals surface area contributed by atoms with Gasteiger partial charge in [0.15, 0.2) is 0 Å². The molecule has 4 rings (SSSR count). The van der Waals surface area contributed by atoms with E-state index in [1.54, 1.807) is 26.8 Å². The lowest BCUT2D eigenvalue weighted by Gasteiger charge is -2.45. The van der Waals surface area contributed by atoms with Gasteiger partial charge in [-0.05, 0) is 42.4 Å². The molecule has 0 radical (unpaired) electrons. The fourth-order valence-electron chi connectivity index (χ4n) is 4.80. The number of nitrogens with zero attached hydrogens (tertiary/aromatic N) is 3. The Balaban J connectivity index is 1.56. The normalized spacial score (nSPS) is 27.8. The Morgan fingerprint density at radius 3 is 2.52 bits per heavy atom. The maximum absolute atomic E-state index is 13.5. The standard InChI is InChI=1S/C24H28FN3O3/c1-16-5-3-4-6-19(16)13-21-24(31)26(12-11-18-7-9-20(25)10-8-18)14-22-27(17(2)29)15-23(30)28(21)22/h3-10,16,19,21-22H,11-15H2,1-2H3.